The number of halogens is 2. The van der Waals surface area contributed by atoms with Crippen molar-refractivity contribution in [3.05, 3.63) is 50.7 Å². The lowest BCUT2D eigenvalue weighted by molar-refractivity contribution is 0.171. The first-order valence-corrected chi connectivity index (χ1v) is 8.14. The number of aromatic nitrogens is 1. The summed E-state index contributed by atoms with van der Waals surface area (Å²) in [6.07, 6.45) is 3.63. The van der Waals surface area contributed by atoms with Crippen LogP contribution in [0.5, 0.6) is 11.5 Å². The fourth-order valence-electron chi connectivity index (χ4n) is 2.39. The summed E-state index contributed by atoms with van der Waals surface area (Å²) in [5.74, 6) is 1.56. The molecule has 1 aromatic carbocycles. The van der Waals surface area contributed by atoms with Crippen LogP contribution in [0.2, 0.25) is 0 Å². The van der Waals surface area contributed by atoms with Crippen molar-refractivity contribution in [2.75, 3.05) is 20.3 Å². The van der Waals surface area contributed by atoms with E-state index in [4.69, 9.17) is 9.47 Å². The summed E-state index contributed by atoms with van der Waals surface area (Å²) in [7, 11) is 1.93. The Balaban J connectivity index is 2.04. The number of pyridine rings is 1. The van der Waals surface area contributed by atoms with E-state index in [1.807, 2.05) is 25.4 Å². The van der Waals surface area contributed by atoms with E-state index >= 15 is 0 Å². The normalized spacial score (nSPS) is 14.8. The zero-order chi connectivity index (χ0) is 14.8. The van der Waals surface area contributed by atoms with Crippen LogP contribution in [0.4, 0.5) is 0 Å². The smallest absolute Gasteiger partial charge is 0.162 e. The van der Waals surface area contributed by atoms with Gasteiger partial charge in [-0.05, 0) is 52.3 Å². The molecule has 1 aliphatic heterocycles. The molecule has 2 heterocycles. The lowest BCUT2D eigenvalue weighted by atomic mass is 10.00. The molecule has 0 amide bonds. The van der Waals surface area contributed by atoms with Gasteiger partial charge >= 0.3 is 0 Å². The van der Waals surface area contributed by atoms with E-state index in [0.717, 1.165) is 31.6 Å². The van der Waals surface area contributed by atoms with E-state index in [9.17, 15) is 0 Å². The number of fused-ring (bicyclic) bond motifs is 1. The molecule has 1 atom stereocenters. The summed E-state index contributed by atoms with van der Waals surface area (Å²) in [5, 5.41) is 3.32. The lowest BCUT2D eigenvalue weighted by Gasteiger charge is -2.23. The predicted molar refractivity (Wildman–Crippen MR) is 88.0 cm³/mol. The third-order valence-corrected chi connectivity index (χ3v) is 4.44. The predicted octanol–water partition coefficient (Wildman–Crippen LogP) is 3.69. The maximum absolute atomic E-state index is 5.67. The van der Waals surface area contributed by atoms with Gasteiger partial charge in [-0.3, -0.25) is 4.98 Å². The van der Waals surface area contributed by atoms with E-state index in [1.165, 1.54) is 0 Å². The first kappa shape index (κ1) is 14.8. The van der Waals surface area contributed by atoms with Crippen LogP contribution in [-0.4, -0.2) is 25.2 Å². The second-order valence-corrected chi connectivity index (χ2v) is 6.45. The van der Waals surface area contributed by atoms with Gasteiger partial charge in [-0.1, -0.05) is 15.9 Å². The number of hydrogen-bond acceptors (Lipinski definition) is 4. The van der Waals surface area contributed by atoms with Crippen molar-refractivity contribution < 1.29 is 9.47 Å². The molecule has 1 aliphatic rings. The number of rotatable bonds is 3. The maximum Gasteiger partial charge on any atom is 0.162 e. The van der Waals surface area contributed by atoms with Crippen LogP contribution >= 0.6 is 31.9 Å². The van der Waals surface area contributed by atoms with Gasteiger partial charge in [-0.25, -0.2) is 0 Å². The zero-order valence-electron chi connectivity index (χ0n) is 11.4. The fraction of sp³-hybridized carbons (Fsp3) is 0.267. The quantitative estimate of drug-likeness (QED) is 0.833. The minimum Gasteiger partial charge on any atom is -0.486 e. The van der Waals surface area contributed by atoms with E-state index in [2.05, 4.69) is 48.2 Å². The Bertz CT molecular complexity index is 664. The van der Waals surface area contributed by atoms with Gasteiger partial charge < -0.3 is 14.8 Å². The minimum atomic E-state index is 0.0141. The molecule has 3 rings (SSSR count). The van der Waals surface area contributed by atoms with Gasteiger partial charge in [0.05, 0.1) is 6.04 Å². The first-order valence-electron chi connectivity index (χ1n) is 6.56. The van der Waals surface area contributed by atoms with Crippen LogP contribution in [0.1, 0.15) is 17.2 Å². The number of nitrogens with zero attached hydrogens (tertiary/aromatic N) is 1. The summed E-state index contributed by atoms with van der Waals surface area (Å²) in [5.41, 5.74) is 2.16. The largest absolute Gasteiger partial charge is 0.486 e. The van der Waals surface area contributed by atoms with Crippen LogP contribution < -0.4 is 14.8 Å². The molecule has 2 aromatic rings. The number of benzene rings is 1. The van der Waals surface area contributed by atoms with Crippen LogP contribution in [-0.2, 0) is 0 Å². The van der Waals surface area contributed by atoms with Crippen molar-refractivity contribution in [1.29, 1.82) is 0 Å². The minimum absolute atomic E-state index is 0.0141. The molecule has 0 saturated heterocycles. The Morgan fingerprint density at radius 2 is 1.81 bits per heavy atom. The topological polar surface area (TPSA) is 43.4 Å². The van der Waals surface area contributed by atoms with E-state index in [0.29, 0.717) is 13.2 Å². The number of ether oxygens (including phenoxy) is 2. The molecule has 4 nitrogen and oxygen atoms in total. The van der Waals surface area contributed by atoms with Gasteiger partial charge in [0.1, 0.15) is 13.2 Å². The molecule has 0 bridgehead atoms. The lowest BCUT2D eigenvalue weighted by Crippen LogP contribution is -2.20. The molecule has 0 fully saturated rings. The van der Waals surface area contributed by atoms with Gasteiger partial charge in [0.15, 0.2) is 11.5 Å². The Morgan fingerprint density at radius 1 is 1.10 bits per heavy atom. The zero-order valence-corrected chi connectivity index (χ0v) is 14.6. The molecule has 1 aromatic heterocycles. The third-order valence-electron chi connectivity index (χ3n) is 3.32. The van der Waals surface area contributed by atoms with E-state index in [-0.39, 0.29) is 6.04 Å². The Morgan fingerprint density at radius 3 is 2.48 bits per heavy atom. The van der Waals surface area contributed by atoms with Crippen molar-refractivity contribution in [3.8, 4) is 11.5 Å². The van der Waals surface area contributed by atoms with Crippen molar-refractivity contribution >= 4 is 31.9 Å². The number of nitrogens with one attached hydrogen (secondary N) is 1. The molecule has 110 valence electrons. The molecular formula is C15H14Br2N2O2. The monoisotopic (exact) mass is 412 g/mol. The van der Waals surface area contributed by atoms with Crippen molar-refractivity contribution in [2.45, 2.75) is 6.04 Å². The first-order chi connectivity index (χ1) is 10.2. The average Bonchev–Trinajstić information content (AvgIpc) is 2.48. The Hall–Kier alpha value is -1.11. The second kappa shape index (κ2) is 6.34. The highest BCUT2D eigenvalue weighted by molar-refractivity contribution is 9.10. The highest BCUT2D eigenvalue weighted by Crippen LogP contribution is 2.39. The van der Waals surface area contributed by atoms with Gasteiger partial charge in [-0.15, -0.1) is 0 Å². The summed E-state index contributed by atoms with van der Waals surface area (Å²) >= 11 is 7.09. The molecule has 21 heavy (non-hydrogen) atoms. The average molecular weight is 414 g/mol. The fourth-order valence-corrected chi connectivity index (χ4v) is 3.32. The van der Waals surface area contributed by atoms with Crippen molar-refractivity contribution in [1.82, 2.24) is 10.3 Å². The molecule has 0 saturated carbocycles. The molecule has 0 spiro atoms. The van der Waals surface area contributed by atoms with Crippen LogP contribution in [0.25, 0.3) is 0 Å². The molecule has 1 N–H and O–H groups in total. The van der Waals surface area contributed by atoms with Crippen LogP contribution in [0.3, 0.4) is 0 Å². The maximum atomic E-state index is 5.67. The summed E-state index contributed by atoms with van der Waals surface area (Å²) in [4.78, 5) is 4.24. The number of hydrogen-bond donors (Lipinski definition) is 1. The van der Waals surface area contributed by atoms with Crippen LogP contribution in [0, 0.1) is 0 Å². The highest BCUT2D eigenvalue weighted by Gasteiger charge is 2.21. The Kier molecular flexibility index (Phi) is 4.47. The SMILES string of the molecule is CNC(c1cncc(Br)c1)c1cc2c(cc1Br)OCCO2. The second-order valence-electron chi connectivity index (χ2n) is 4.68. The van der Waals surface area contributed by atoms with Gasteiger partial charge in [0.25, 0.3) is 0 Å². The summed E-state index contributed by atoms with van der Waals surface area (Å²) < 4.78 is 13.2. The standard InChI is InChI=1S/C15H14Br2N2O2/c1-18-15(9-4-10(16)8-19-7-9)11-5-13-14(6-12(11)17)21-3-2-20-13/h4-8,15,18H,2-3H2,1H3. The Labute approximate surface area is 140 Å². The van der Waals surface area contributed by atoms with E-state index < -0.39 is 0 Å². The highest BCUT2D eigenvalue weighted by atomic mass is 79.9. The summed E-state index contributed by atoms with van der Waals surface area (Å²) in [6.45, 7) is 1.17. The van der Waals surface area contributed by atoms with Crippen LogP contribution in [0.15, 0.2) is 39.5 Å². The molecule has 1 unspecified atom stereocenters. The molecular weight excluding hydrogens is 400 g/mol. The molecule has 0 radical (unpaired) electrons. The van der Waals surface area contributed by atoms with E-state index in [1.54, 1.807) is 6.20 Å². The van der Waals surface area contributed by atoms with Crippen molar-refractivity contribution in [2.24, 2.45) is 0 Å². The summed E-state index contributed by atoms with van der Waals surface area (Å²) in [6, 6.07) is 6.04. The van der Waals surface area contributed by atoms with Gasteiger partial charge in [0, 0.05) is 21.3 Å². The third kappa shape index (κ3) is 3.07. The van der Waals surface area contributed by atoms with Gasteiger partial charge in [0.2, 0.25) is 0 Å². The van der Waals surface area contributed by atoms with Crippen molar-refractivity contribution in [3.63, 3.8) is 0 Å². The molecule has 6 heteroatoms. The molecule has 0 aliphatic carbocycles. The van der Waals surface area contributed by atoms with Gasteiger partial charge in [-0.2, -0.15) is 0 Å².